The van der Waals surface area contributed by atoms with Crippen LogP contribution in [0.4, 0.5) is 0 Å². The highest BCUT2D eigenvalue weighted by molar-refractivity contribution is 6.76. The number of hydrogen-bond acceptors (Lipinski definition) is 6. The average Bonchev–Trinajstić information content (AvgIpc) is 3.36. The standard InChI is InChI=1S/C34H47N3O4Si/c1-42(2,3)18-17-40-24-37-33(38)16-15-31(34(37)39)36-20-26-13-14-29(19-27(26)21-36)41-32-12-8-7-11-30(32)35-22-28(23-35)25-9-5-4-6-10-25/h4-6,9-10,13-14,19,28,30-32H,7-8,11-12,15-18,20-24H2,1-3H3/t30-,31?,32-/m0/s1. The van der Waals surface area contributed by atoms with E-state index >= 15 is 0 Å². The third-order valence-electron chi connectivity index (χ3n) is 9.67. The number of hydrogen-bond donors (Lipinski definition) is 0. The Balaban J connectivity index is 1.04. The predicted octanol–water partition coefficient (Wildman–Crippen LogP) is 5.62. The van der Waals surface area contributed by atoms with E-state index in [1.54, 1.807) is 0 Å². The Morgan fingerprint density at radius 2 is 1.64 bits per heavy atom. The third-order valence-corrected chi connectivity index (χ3v) is 11.4. The normalized spacial score (nSPS) is 25.9. The molecule has 0 N–H and O–H groups in total. The lowest BCUT2D eigenvalue weighted by Crippen LogP contribution is -2.57. The Morgan fingerprint density at radius 3 is 2.43 bits per heavy atom. The number of nitrogens with zero attached hydrogens (tertiary/aromatic N) is 3. The molecule has 0 bridgehead atoms. The lowest BCUT2D eigenvalue weighted by Gasteiger charge is -2.48. The maximum absolute atomic E-state index is 13.4. The average molecular weight is 590 g/mol. The molecule has 3 atom stereocenters. The quantitative estimate of drug-likeness (QED) is 0.204. The Morgan fingerprint density at radius 1 is 0.881 bits per heavy atom. The fraction of sp³-hybridized carbons (Fsp3) is 0.588. The first-order valence-corrected chi connectivity index (χ1v) is 19.7. The van der Waals surface area contributed by atoms with E-state index in [1.807, 2.05) is 0 Å². The minimum Gasteiger partial charge on any atom is -0.489 e. The number of amides is 2. The summed E-state index contributed by atoms with van der Waals surface area (Å²) in [6.45, 7) is 11.2. The van der Waals surface area contributed by atoms with Crippen molar-refractivity contribution < 1.29 is 19.1 Å². The van der Waals surface area contributed by atoms with Gasteiger partial charge in [0.05, 0.1) is 6.04 Å². The van der Waals surface area contributed by atoms with Crippen LogP contribution in [0.25, 0.3) is 0 Å². The molecule has 1 saturated carbocycles. The van der Waals surface area contributed by atoms with E-state index in [-0.39, 0.29) is 30.7 Å². The second kappa shape index (κ2) is 12.6. The number of benzene rings is 2. The second-order valence-electron chi connectivity index (χ2n) is 14.0. The number of carbonyl (C=O) groups is 2. The van der Waals surface area contributed by atoms with Gasteiger partial charge in [-0.25, -0.2) is 0 Å². The van der Waals surface area contributed by atoms with E-state index in [1.165, 1.54) is 40.9 Å². The number of likely N-dealkylation sites (tertiary alicyclic amines) is 2. The van der Waals surface area contributed by atoms with Gasteiger partial charge in [-0.3, -0.25) is 24.3 Å². The van der Waals surface area contributed by atoms with Gasteiger partial charge < -0.3 is 9.47 Å². The van der Waals surface area contributed by atoms with E-state index in [9.17, 15) is 9.59 Å². The van der Waals surface area contributed by atoms with Crippen molar-refractivity contribution in [2.24, 2.45) is 0 Å². The van der Waals surface area contributed by atoms with Crippen molar-refractivity contribution in [3.8, 4) is 5.75 Å². The van der Waals surface area contributed by atoms with Gasteiger partial charge in [-0.1, -0.05) is 62.5 Å². The van der Waals surface area contributed by atoms with E-state index in [0.717, 1.165) is 37.8 Å². The van der Waals surface area contributed by atoms with Crippen LogP contribution in [-0.4, -0.2) is 79.2 Å². The number of carbonyl (C=O) groups excluding carboxylic acids is 2. The molecule has 0 aromatic heterocycles. The lowest BCUT2D eigenvalue weighted by atomic mass is 9.84. The Labute approximate surface area is 252 Å². The zero-order valence-electron chi connectivity index (χ0n) is 25.6. The summed E-state index contributed by atoms with van der Waals surface area (Å²) in [5.41, 5.74) is 3.93. The van der Waals surface area contributed by atoms with Gasteiger partial charge in [0.1, 0.15) is 18.6 Å². The van der Waals surface area contributed by atoms with Crippen LogP contribution in [0.5, 0.6) is 5.75 Å². The molecule has 3 fully saturated rings. The van der Waals surface area contributed by atoms with E-state index in [0.29, 0.717) is 38.0 Å². The molecule has 0 radical (unpaired) electrons. The summed E-state index contributed by atoms with van der Waals surface area (Å²) >= 11 is 0. The molecule has 0 spiro atoms. The molecule has 8 heteroatoms. The monoisotopic (exact) mass is 589 g/mol. The highest BCUT2D eigenvalue weighted by Crippen LogP contribution is 2.37. The van der Waals surface area contributed by atoms with Crippen LogP contribution in [0.1, 0.15) is 61.1 Å². The Hall–Kier alpha value is -2.52. The first kappa shape index (κ1) is 29.5. The van der Waals surface area contributed by atoms with Gasteiger partial charge in [0.2, 0.25) is 11.8 Å². The van der Waals surface area contributed by atoms with Gasteiger partial charge >= 0.3 is 0 Å². The highest BCUT2D eigenvalue weighted by atomic mass is 28.3. The van der Waals surface area contributed by atoms with E-state index in [4.69, 9.17) is 9.47 Å². The molecular formula is C34H47N3O4Si. The molecule has 4 aliphatic rings. The summed E-state index contributed by atoms with van der Waals surface area (Å²) in [7, 11) is -1.23. The fourth-order valence-corrected chi connectivity index (χ4v) is 7.80. The minimum atomic E-state index is -1.23. The molecule has 1 unspecified atom stereocenters. The molecule has 7 nitrogen and oxygen atoms in total. The molecule has 2 aromatic carbocycles. The Kier molecular flexibility index (Phi) is 8.87. The van der Waals surface area contributed by atoms with Gasteiger partial charge in [0, 0.05) is 59.2 Å². The molecule has 42 heavy (non-hydrogen) atoms. The van der Waals surface area contributed by atoms with E-state index < -0.39 is 8.07 Å². The molecule has 1 aliphatic carbocycles. The second-order valence-corrected chi connectivity index (χ2v) is 19.6. The predicted molar refractivity (Wildman–Crippen MR) is 167 cm³/mol. The van der Waals surface area contributed by atoms with Crippen molar-refractivity contribution in [3.63, 3.8) is 0 Å². The number of rotatable bonds is 10. The number of imide groups is 1. The lowest BCUT2D eigenvalue weighted by molar-refractivity contribution is -0.159. The third kappa shape index (κ3) is 6.67. The fourth-order valence-electron chi connectivity index (χ4n) is 7.05. The van der Waals surface area contributed by atoms with Crippen LogP contribution in [0.15, 0.2) is 48.5 Å². The zero-order valence-corrected chi connectivity index (χ0v) is 26.6. The molecule has 3 aliphatic heterocycles. The largest absolute Gasteiger partial charge is 0.489 e. The van der Waals surface area contributed by atoms with Crippen molar-refractivity contribution >= 4 is 19.9 Å². The first-order valence-electron chi connectivity index (χ1n) is 16.0. The van der Waals surface area contributed by atoms with Gasteiger partial charge in [-0.2, -0.15) is 0 Å². The molecule has 2 saturated heterocycles. The van der Waals surface area contributed by atoms with Crippen molar-refractivity contribution in [2.45, 2.75) is 101 Å². The van der Waals surface area contributed by atoms with Gasteiger partial charge in [-0.15, -0.1) is 0 Å². The number of ether oxygens (including phenoxy) is 2. The summed E-state index contributed by atoms with van der Waals surface area (Å²) in [5, 5.41) is 0. The Bertz CT molecular complexity index is 1260. The molecule has 2 amide bonds. The smallest absolute Gasteiger partial charge is 0.248 e. The van der Waals surface area contributed by atoms with Gasteiger partial charge in [-0.05, 0) is 60.6 Å². The molecule has 3 heterocycles. The number of fused-ring (bicyclic) bond motifs is 1. The van der Waals surface area contributed by atoms with Gasteiger partial charge in [0.15, 0.2) is 0 Å². The van der Waals surface area contributed by atoms with Crippen molar-refractivity contribution in [3.05, 3.63) is 65.2 Å². The van der Waals surface area contributed by atoms with Crippen LogP contribution in [0.3, 0.4) is 0 Å². The summed E-state index contributed by atoms with van der Waals surface area (Å²) < 4.78 is 12.5. The molecular weight excluding hydrogens is 542 g/mol. The summed E-state index contributed by atoms with van der Waals surface area (Å²) in [6, 6.07) is 18.6. The summed E-state index contributed by atoms with van der Waals surface area (Å²) in [5.74, 6) is 1.34. The topological polar surface area (TPSA) is 62.3 Å². The molecule has 226 valence electrons. The van der Waals surface area contributed by atoms with Gasteiger partial charge in [0.25, 0.3) is 0 Å². The van der Waals surface area contributed by atoms with Crippen molar-refractivity contribution in [2.75, 3.05) is 26.4 Å². The summed E-state index contributed by atoms with van der Waals surface area (Å²) in [6.07, 6.45) is 5.97. The zero-order chi connectivity index (χ0) is 29.3. The van der Waals surface area contributed by atoms with Crippen LogP contribution in [-0.2, 0) is 27.4 Å². The number of piperidine rings is 1. The van der Waals surface area contributed by atoms with Crippen LogP contribution >= 0.6 is 0 Å². The molecule has 2 aromatic rings. The first-order chi connectivity index (χ1) is 20.2. The van der Waals surface area contributed by atoms with Crippen molar-refractivity contribution in [1.82, 2.24) is 14.7 Å². The summed E-state index contributed by atoms with van der Waals surface area (Å²) in [4.78, 5) is 32.2. The highest BCUT2D eigenvalue weighted by Gasteiger charge is 2.41. The van der Waals surface area contributed by atoms with Crippen molar-refractivity contribution in [1.29, 1.82) is 0 Å². The van der Waals surface area contributed by atoms with Crippen LogP contribution in [0.2, 0.25) is 25.7 Å². The van der Waals surface area contributed by atoms with Crippen LogP contribution in [0, 0.1) is 0 Å². The minimum absolute atomic E-state index is 0.0725. The SMILES string of the molecule is C[Si](C)(C)CCOCN1C(=O)CCC(N2Cc3ccc(O[C@H]4CCCC[C@@H]4N4CC(c5ccccc5)C4)cc3C2)C1=O. The maximum atomic E-state index is 13.4. The maximum Gasteiger partial charge on any atom is 0.248 e. The van der Waals surface area contributed by atoms with Crippen LogP contribution < -0.4 is 4.74 Å². The molecule has 6 rings (SSSR count). The van der Waals surface area contributed by atoms with E-state index in [2.05, 4.69) is 78.0 Å².